The van der Waals surface area contributed by atoms with Gasteiger partial charge in [0.15, 0.2) is 0 Å². The number of benzene rings is 2. The third-order valence-electron chi connectivity index (χ3n) is 7.48. The number of hydrogen-bond acceptors (Lipinski definition) is 10. The summed E-state index contributed by atoms with van der Waals surface area (Å²) in [6, 6.07) is 13.7. The molecule has 12 heteroatoms. The van der Waals surface area contributed by atoms with Crippen LogP contribution in [0, 0.1) is 16.0 Å². The molecule has 2 heterocycles. The van der Waals surface area contributed by atoms with Crippen LogP contribution >= 0.6 is 11.6 Å². The van der Waals surface area contributed by atoms with Gasteiger partial charge in [-0.1, -0.05) is 23.7 Å². The minimum Gasteiger partial charge on any atom is -0.463 e. The van der Waals surface area contributed by atoms with E-state index in [2.05, 4.69) is 14.8 Å². The number of rotatable bonds is 11. The predicted molar refractivity (Wildman–Crippen MR) is 159 cm³/mol. The van der Waals surface area contributed by atoms with Gasteiger partial charge < -0.3 is 19.1 Å². The Hall–Kier alpha value is -3.80. The number of halogens is 1. The van der Waals surface area contributed by atoms with Gasteiger partial charge in [0.25, 0.3) is 5.69 Å². The molecule has 0 aliphatic carbocycles. The van der Waals surface area contributed by atoms with Gasteiger partial charge in [-0.05, 0) is 43.7 Å². The van der Waals surface area contributed by atoms with E-state index in [1.54, 1.807) is 19.9 Å². The molecular formula is C30H35ClN4O7. The van der Waals surface area contributed by atoms with Crippen molar-refractivity contribution in [1.29, 1.82) is 0 Å². The largest absolute Gasteiger partial charge is 0.463 e. The molecule has 0 bridgehead atoms. The smallest absolute Gasteiger partial charge is 0.336 e. The van der Waals surface area contributed by atoms with Crippen LogP contribution in [0.15, 0.2) is 64.8 Å². The first-order chi connectivity index (χ1) is 20.2. The molecule has 2 aliphatic rings. The lowest BCUT2D eigenvalue weighted by atomic mass is 9.75. The SMILES string of the molecule is COCCOC(=O)C1C(C)=NC(C)=C(C(=O)OCCN2CCN(c3ccc(Cl)cc3)CC2)C1c1cccc([N+](=O)[O-])c1. The van der Waals surface area contributed by atoms with Crippen LogP contribution in [0.2, 0.25) is 5.02 Å². The first kappa shape index (κ1) is 31.1. The van der Waals surface area contributed by atoms with Gasteiger partial charge in [0.2, 0.25) is 0 Å². The number of allylic oxidation sites excluding steroid dienone is 1. The Bertz CT molecular complexity index is 1350. The molecule has 2 aromatic rings. The van der Waals surface area contributed by atoms with Gasteiger partial charge in [0, 0.05) is 80.0 Å². The Balaban J connectivity index is 1.47. The second-order valence-electron chi connectivity index (χ2n) is 10.2. The highest BCUT2D eigenvalue weighted by molar-refractivity contribution is 6.30. The van der Waals surface area contributed by atoms with Crippen molar-refractivity contribution in [2.75, 3.05) is 64.6 Å². The number of carbonyl (C=O) groups is 2. The lowest BCUT2D eigenvalue weighted by Gasteiger charge is -2.36. The van der Waals surface area contributed by atoms with Gasteiger partial charge in [-0.25, -0.2) is 4.79 Å². The van der Waals surface area contributed by atoms with Crippen LogP contribution in [0.5, 0.6) is 0 Å². The lowest BCUT2D eigenvalue weighted by molar-refractivity contribution is -0.384. The van der Waals surface area contributed by atoms with Crippen LogP contribution in [-0.4, -0.2) is 87.1 Å². The van der Waals surface area contributed by atoms with E-state index < -0.39 is 28.7 Å². The minimum atomic E-state index is -0.962. The monoisotopic (exact) mass is 598 g/mol. The van der Waals surface area contributed by atoms with E-state index in [4.69, 9.17) is 25.8 Å². The molecular weight excluding hydrogens is 564 g/mol. The Labute approximate surface area is 249 Å². The summed E-state index contributed by atoms with van der Waals surface area (Å²) in [5.74, 6) is -3.04. The first-order valence-corrected chi connectivity index (χ1v) is 14.1. The minimum absolute atomic E-state index is 0.0224. The average molecular weight is 599 g/mol. The molecule has 0 spiro atoms. The van der Waals surface area contributed by atoms with Crippen LogP contribution in [0.25, 0.3) is 0 Å². The number of nitrogens with zero attached hydrogens (tertiary/aromatic N) is 4. The molecule has 2 atom stereocenters. The standard InChI is InChI=1S/C30H35ClN4O7/c1-20-26(29(36)41-16-15-33-11-13-34(14-12-33)24-9-7-23(31)8-10-24)28(22-5-4-6-25(19-22)35(38)39)27(21(2)32-20)30(37)42-18-17-40-3/h4-10,19,27-28H,11-18H2,1-3H3. The van der Waals surface area contributed by atoms with Crippen molar-refractivity contribution >= 4 is 40.6 Å². The molecule has 1 saturated heterocycles. The van der Waals surface area contributed by atoms with Crippen molar-refractivity contribution in [3.63, 3.8) is 0 Å². The molecule has 2 aliphatic heterocycles. The summed E-state index contributed by atoms with van der Waals surface area (Å²) in [5, 5.41) is 12.2. The van der Waals surface area contributed by atoms with Gasteiger partial charge >= 0.3 is 11.9 Å². The number of anilines is 1. The average Bonchev–Trinajstić information content (AvgIpc) is 2.97. The molecule has 0 N–H and O–H groups in total. The first-order valence-electron chi connectivity index (χ1n) is 13.8. The van der Waals surface area contributed by atoms with E-state index >= 15 is 0 Å². The predicted octanol–water partition coefficient (Wildman–Crippen LogP) is 4.25. The van der Waals surface area contributed by atoms with Crippen molar-refractivity contribution in [2.45, 2.75) is 19.8 Å². The molecule has 0 amide bonds. The number of nitro groups is 1. The maximum absolute atomic E-state index is 13.6. The summed E-state index contributed by atoms with van der Waals surface area (Å²) >= 11 is 6.01. The molecule has 0 aromatic heterocycles. The Kier molecular flexibility index (Phi) is 10.7. The third kappa shape index (κ3) is 7.53. The fourth-order valence-electron chi connectivity index (χ4n) is 5.34. The fourth-order valence-corrected chi connectivity index (χ4v) is 5.47. The number of aliphatic imine (C=N–C) groups is 1. The van der Waals surface area contributed by atoms with E-state index in [0.717, 1.165) is 31.9 Å². The van der Waals surface area contributed by atoms with Crippen LogP contribution in [0.1, 0.15) is 25.3 Å². The summed E-state index contributed by atoms with van der Waals surface area (Å²) in [7, 11) is 1.49. The van der Waals surface area contributed by atoms with E-state index in [1.807, 2.05) is 24.3 Å². The van der Waals surface area contributed by atoms with Gasteiger partial charge in [0.05, 0.1) is 17.1 Å². The Morgan fingerprint density at radius 1 is 1.02 bits per heavy atom. The number of carbonyl (C=O) groups excluding carboxylic acids is 2. The molecule has 4 rings (SSSR count). The Morgan fingerprint density at radius 3 is 2.40 bits per heavy atom. The van der Waals surface area contributed by atoms with Crippen LogP contribution in [0.4, 0.5) is 11.4 Å². The number of non-ortho nitro benzene ring substituents is 1. The summed E-state index contributed by atoms with van der Waals surface area (Å²) in [4.78, 5) is 46.8. The second-order valence-corrected chi connectivity index (χ2v) is 10.6. The number of esters is 2. The summed E-state index contributed by atoms with van der Waals surface area (Å²) in [6.45, 7) is 7.53. The normalized spacial score (nSPS) is 19.3. The fraction of sp³-hybridized carbons (Fsp3) is 0.433. The Morgan fingerprint density at radius 2 is 1.74 bits per heavy atom. The van der Waals surface area contributed by atoms with Crippen molar-refractivity contribution in [2.24, 2.45) is 10.9 Å². The zero-order valence-electron chi connectivity index (χ0n) is 24.0. The van der Waals surface area contributed by atoms with E-state index in [9.17, 15) is 19.7 Å². The highest BCUT2D eigenvalue weighted by Gasteiger charge is 2.43. The highest BCUT2D eigenvalue weighted by Crippen LogP contribution is 2.41. The van der Waals surface area contributed by atoms with Crippen LogP contribution < -0.4 is 4.90 Å². The van der Waals surface area contributed by atoms with Crippen molar-refractivity contribution < 1.29 is 28.7 Å². The van der Waals surface area contributed by atoms with Gasteiger partial charge in [0.1, 0.15) is 19.1 Å². The molecule has 0 saturated carbocycles. The molecule has 1 fully saturated rings. The van der Waals surface area contributed by atoms with Gasteiger partial charge in [-0.15, -0.1) is 0 Å². The van der Waals surface area contributed by atoms with E-state index in [0.29, 0.717) is 28.5 Å². The van der Waals surface area contributed by atoms with Gasteiger partial charge in [-0.2, -0.15) is 0 Å². The van der Waals surface area contributed by atoms with Crippen molar-refractivity contribution in [3.8, 4) is 0 Å². The highest BCUT2D eigenvalue weighted by atomic mass is 35.5. The lowest BCUT2D eigenvalue weighted by Crippen LogP contribution is -2.47. The number of methoxy groups -OCH3 is 1. The summed E-state index contributed by atoms with van der Waals surface area (Å²) in [5.41, 5.74) is 2.41. The maximum Gasteiger partial charge on any atom is 0.336 e. The number of hydrogen-bond donors (Lipinski definition) is 0. The van der Waals surface area contributed by atoms with Crippen molar-refractivity contribution in [3.05, 3.63) is 80.5 Å². The quantitative estimate of drug-likeness (QED) is 0.162. The van der Waals surface area contributed by atoms with E-state index in [1.165, 1.54) is 25.3 Å². The third-order valence-corrected chi connectivity index (χ3v) is 7.73. The second kappa shape index (κ2) is 14.4. The number of piperazine rings is 1. The summed E-state index contributed by atoms with van der Waals surface area (Å²) < 4.78 is 16.1. The number of ether oxygens (including phenoxy) is 3. The number of nitro benzene ring substituents is 1. The topological polar surface area (TPSA) is 124 Å². The van der Waals surface area contributed by atoms with E-state index in [-0.39, 0.29) is 31.1 Å². The van der Waals surface area contributed by atoms with Crippen LogP contribution in [0.3, 0.4) is 0 Å². The van der Waals surface area contributed by atoms with Crippen LogP contribution in [-0.2, 0) is 23.8 Å². The molecule has 224 valence electrons. The zero-order valence-corrected chi connectivity index (χ0v) is 24.7. The molecule has 2 aromatic carbocycles. The molecule has 11 nitrogen and oxygen atoms in total. The molecule has 2 unspecified atom stereocenters. The maximum atomic E-state index is 13.6. The zero-order chi connectivity index (χ0) is 30.2. The summed E-state index contributed by atoms with van der Waals surface area (Å²) in [6.07, 6.45) is 0. The van der Waals surface area contributed by atoms with Crippen molar-refractivity contribution in [1.82, 2.24) is 4.90 Å². The van der Waals surface area contributed by atoms with Gasteiger partial charge in [-0.3, -0.25) is 24.8 Å². The molecule has 0 radical (unpaired) electrons. The molecule has 42 heavy (non-hydrogen) atoms.